The number of pyridine rings is 1. The molecule has 3 aromatic heterocycles. The Morgan fingerprint density at radius 3 is 3.04 bits per heavy atom. The number of aromatic nitrogens is 5. The van der Waals surface area contributed by atoms with Crippen LogP contribution in [0.25, 0.3) is 33.7 Å². The van der Waals surface area contributed by atoms with E-state index in [-0.39, 0.29) is 6.04 Å². The van der Waals surface area contributed by atoms with E-state index in [0.29, 0.717) is 12.3 Å². The molecule has 7 heteroatoms. The van der Waals surface area contributed by atoms with Gasteiger partial charge in [0.05, 0.1) is 23.9 Å². The molecule has 0 saturated carbocycles. The molecule has 3 N–H and O–H groups in total. The normalized spacial score (nSPS) is 16.7. The number of aromatic amines is 1. The summed E-state index contributed by atoms with van der Waals surface area (Å²) in [5.41, 5.74) is 11.9. The zero-order valence-electron chi connectivity index (χ0n) is 15.0. The van der Waals surface area contributed by atoms with Crippen LogP contribution in [0.1, 0.15) is 24.4 Å². The fourth-order valence-corrected chi connectivity index (χ4v) is 3.61. The first kappa shape index (κ1) is 16.0. The SMILES string of the molecule is Cn1cc(-c2nc3nccc(-c4ccc5c(c4)OCCC[C@H]5N)c3[nH]2)cn1. The van der Waals surface area contributed by atoms with Gasteiger partial charge < -0.3 is 15.5 Å². The number of ether oxygens (including phenoxy) is 1. The quantitative estimate of drug-likeness (QED) is 0.572. The van der Waals surface area contributed by atoms with Crippen LogP contribution in [-0.4, -0.2) is 31.3 Å². The van der Waals surface area contributed by atoms with Gasteiger partial charge in [-0.3, -0.25) is 4.68 Å². The minimum atomic E-state index is 0.0262. The van der Waals surface area contributed by atoms with E-state index in [0.717, 1.165) is 52.2 Å². The largest absolute Gasteiger partial charge is 0.493 e. The zero-order valence-corrected chi connectivity index (χ0v) is 15.0. The molecule has 1 aliphatic heterocycles. The first-order valence-electron chi connectivity index (χ1n) is 9.05. The maximum atomic E-state index is 6.28. The third kappa shape index (κ3) is 2.76. The topological polar surface area (TPSA) is 94.6 Å². The van der Waals surface area contributed by atoms with Crippen LogP contribution >= 0.6 is 0 Å². The highest BCUT2D eigenvalue weighted by molar-refractivity contribution is 5.91. The minimum absolute atomic E-state index is 0.0262. The van der Waals surface area contributed by atoms with E-state index < -0.39 is 0 Å². The van der Waals surface area contributed by atoms with Gasteiger partial charge in [0.2, 0.25) is 0 Å². The van der Waals surface area contributed by atoms with Crippen LogP contribution in [0.15, 0.2) is 42.9 Å². The van der Waals surface area contributed by atoms with Gasteiger partial charge >= 0.3 is 0 Å². The van der Waals surface area contributed by atoms with Crippen LogP contribution < -0.4 is 10.5 Å². The fourth-order valence-electron chi connectivity index (χ4n) is 3.61. The highest BCUT2D eigenvalue weighted by Gasteiger charge is 2.18. The number of benzene rings is 1. The third-order valence-electron chi connectivity index (χ3n) is 5.01. The lowest BCUT2D eigenvalue weighted by Gasteiger charge is -2.13. The van der Waals surface area contributed by atoms with Crippen LogP contribution in [0.4, 0.5) is 0 Å². The molecule has 1 aliphatic rings. The summed E-state index contributed by atoms with van der Waals surface area (Å²) in [5.74, 6) is 1.63. The number of nitrogens with one attached hydrogen (secondary N) is 1. The third-order valence-corrected chi connectivity index (χ3v) is 5.01. The predicted molar refractivity (Wildman–Crippen MR) is 103 cm³/mol. The Balaban J connectivity index is 1.63. The van der Waals surface area contributed by atoms with Crippen LogP contribution in [-0.2, 0) is 7.05 Å². The van der Waals surface area contributed by atoms with Gasteiger partial charge in [0, 0.05) is 36.6 Å². The lowest BCUT2D eigenvalue weighted by atomic mass is 9.98. The van der Waals surface area contributed by atoms with Crippen molar-refractivity contribution in [1.29, 1.82) is 0 Å². The van der Waals surface area contributed by atoms with E-state index in [9.17, 15) is 0 Å². The molecule has 0 fully saturated rings. The summed E-state index contributed by atoms with van der Waals surface area (Å²) in [7, 11) is 1.89. The number of fused-ring (bicyclic) bond motifs is 2. The summed E-state index contributed by atoms with van der Waals surface area (Å²) in [6.07, 6.45) is 7.41. The minimum Gasteiger partial charge on any atom is -0.493 e. The molecule has 0 saturated heterocycles. The van der Waals surface area contributed by atoms with E-state index in [2.05, 4.69) is 38.2 Å². The average Bonchev–Trinajstić information content (AvgIpc) is 3.26. The maximum absolute atomic E-state index is 6.28. The van der Waals surface area contributed by atoms with Crippen molar-refractivity contribution in [2.24, 2.45) is 12.8 Å². The van der Waals surface area contributed by atoms with Crippen molar-refractivity contribution in [3.8, 4) is 28.3 Å². The molecular formula is C20H20N6O. The zero-order chi connectivity index (χ0) is 18.4. The molecule has 4 aromatic rings. The molecule has 0 unspecified atom stereocenters. The van der Waals surface area contributed by atoms with Gasteiger partial charge in [-0.05, 0) is 30.5 Å². The van der Waals surface area contributed by atoms with Crippen LogP contribution in [0.2, 0.25) is 0 Å². The molecule has 0 aliphatic carbocycles. The molecule has 0 bridgehead atoms. The molecular weight excluding hydrogens is 340 g/mol. The Morgan fingerprint density at radius 2 is 2.19 bits per heavy atom. The summed E-state index contributed by atoms with van der Waals surface area (Å²) < 4.78 is 7.69. The van der Waals surface area contributed by atoms with Crippen molar-refractivity contribution in [2.45, 2.75) is 18.9 Å². The Hall–Kier alpha value is -3.19. The number of imidazole rings is 1. The molecule has 4 heterocycles. The van der Waals surface area contributed by atoms with Crippen molar-refractivity contribution in [3.05, 3.63) is 48.4 Å². The first-order valence-corrected chi connectivity index (χ1v) is 9.05. The van der Waals surface area contributed by atoms with Crippen LogP contribution in [0.3, 0.4) is 0 Å². The van der Waals surface area contributed by atoms with Crippen molar-refractivity contribution in [2.75, 3.05) is 6.61 Å². The fraction of sp³-hybridized carbons (Fsp3) is 0.250. The summed E-state index contributed by atoms with van der Waals surface area (Å²) in [6, 6.07) is 8.25. The summed E-state index contributed by atoms with van der Waals surface area (Å²) >= 11 is 0. The number of rotatable bonds is 2. The second-order valence-corrected chi connectivity index (χ2v) is 6.89. The smallest absolute Gasteiger partial charge is 0.178 e. The Bertz CT molecular complexity index is 1130. The molecule has 0 radical (unpaired) electrons. The first-order chi connectivity index (χ1) is 13.2. The Labute approximate surface area is 156 Å². The molecule has 5 rings (SSSR count). The van der Waals surface area contributed by atoms with Gasteiger partial charge in [-0.1, -0.05) is 12.1 Å². The van der Waals surface area contributed by atoms with Gasteiger partial charge in [0.15, 0.2) is 5.65 Å². The van der Waals surface area contributed by atoms with E-state index in [1.807, 2.05) is 19.3 Å². The molecule has 27 heavy (non-hydrogen) atoms. The van der Waals surface area contributed by atoms with Gasteiger partial charge in [-0.15, -0.1) is 0 Å². The highest BCUT2D eigenvalue weighted by atomic mass is 16.5. The standard InChI is InChI=1S/C20H20N6O/c1-26-11-13(10-23-26)19-24-18-14(6-7-22-20(18)25-19)12-4-5-15-16(21)3-2-8-27-17(15)9-12/h4-7,9-11,16H,2-3,8,21H2,1H3,(H,22,24,25)/t16-/m1/s1. The van der Waals surface area contributed by atoms with E-state index in [4.69, 9.17) is 10.5 Å². The lowest BCUT2D eigenvalue weighted by molar-refractivity contribution is 0.316. The number of hydrogen-bond donors (Lipinski definition) is 2. The summed E-state index contributed by atoms with van der Waals surface area (Å²) in [6.45, 7) is 0.700. The monoisotopic (exact) mass is 360 g/mol. The van der Waals surface area contributed by atoms with Crippen molar-refractivity contribution >= 4 is 11.2 Å². The summed E-state index contributed by atoms with van der Waals surface area (Å²) in [5, 5.41) is 4.22. The van der Waals surface area contributed by atoms with E-state index in [1.54, 1.807) is 17.1 Å². The van der Waals surface area contributed by atoms with Gasteiger partial charge in [0.1, 0.15) is 11.6 Å². The molecule has 0 spiro atoms. The molecule has 7 nitrogen and oxygen atoms in total. The number of hydrogen-bond acceptors (Lipinski definition) is 5. The Kier molecular flexibility index (Phi) is 3.68. The molecule has 1 aromatic carbocycles. The lowest BCUT2D eigenvalue weighted by Crippen LogP contribution is -2.08. The molecule has 0 amide bonds. The van der Waals surface area contributed by atoms with Gasteiger partial charge in [-0.2, -0.15) is 5.10 Å². The number of aryl methyl sites for hydroxylation is 1. The molecule has 136 valence electrons. The van der Waals surface area contributed by atoms with E-state index >= 15 is 0 Å². The van der Waals surface area contributed by atoms with Crippen molar-refractivity contribution in [3.63, 3.8) is 0 Å². The predicted octanol–water partition coefficient (Wildman–Crippen LogP) is 3.20. The second kappa shape index (κ2) is 6.21. The van der Waals surface area contributed by atoms with Crippen LogP contribution in [0.5, 0.6) is 5.75 Å². The van der Waals surface area contributed by atoms with Gasteiger partial charge in [-0.25, -0.2) is 9.97 Å². The van der Waals surface area contributed by atoms with Crippen molar-refractivity contribution in [1.82, 2.24) is 24.7 Å². The molecule has 1 atom stereocenters. The second-order valence-electron chi connectivity index (χ2n) is 6.89. The Morgan fingerprint density at radius 1 is 1.26 bits per heavy atom. The van der Waals surface area contributed by atoms with Crippen LogP contribution in [0, 0.1) is 0 Å². The summed E-state index contributed by atoms with van der Waals surface area (Å²) in [4.78, 5) is 12.4. The highest BCUT2D eigenvalue weighted by Crippen LogP contribution is 2.36. The number of H-pyrrole nitrogens is 1. The maximum Gasteiger partial charge on any atom is 0.178 e. The van der Waals surface area contributed by atoms with E-state index in [1.165, 1.54) is 0 Å². The van der Waals surface area contributed by atoms with Crippen molar-refractivity contribution < 1.29 is 4.74 Å². The average molecular weight is 360 g/mol. The number of nitrogens with two attached hydrogens (primary N) is 1. The number of nitrogens with zero attached hydrogens (tertiary/aromatic N) is 4. The van der Waals surface area contributed by atoms with Gasteiger partial charge in [0.25, 0.3) is 0 Å².